The van der Waals surface area contributed by atoms with Gasteiger partial charge in [-0.05, 0) is 25.0 Å². The molecule has 2 rings (SSSR count). The van der Waals surface area contributed by atoms with Crippen LogP contribution in [0.3, 0.4) is 0 Å². The summed E-state index contributed by atoms with van der Waals surface area (Å²) in [5, 5.41) is 0. The first-order chi connectivity index (χ1) is 8.13. The zero-order chi connectivity index (χ0) is 12.3. The molecule has 0 bridgehead atoms. The summed E-state index contributed by atoms with van der Waals surface area (Å²) in [5.74, 6) is 1.06. The number of rotatable bonds is 5. The summed E-state index contributed by atoms with van der Waals surface area (Å²) in [6.07, 6.45) is 3.25. The molecule has 17 heavy (non-hydrogen) atoms. The maximum Gasteiger partial charge on any atom is 0.279 e. The second-order valence-electron chi connectivity index (χ2n) is 4.26. The average Bonchev–Trinajstić information content (AvgIpc) is 2.95. The van der Waals surface area contributed by atoms with E-state index in [0.29, 0.717) is 19.6 Å². The highest BCUT2D eigenvalue weighted by Gasteiger charge is 2.32. The van der Waals surface area contributed by atoms with Crippen LogP contribution in [0.4, 0.5) is 0 Å². The van der Waals surface area contributed by atoms with Gasteiger partial charge in [-0.2, -0.15) is 12.7 Å². The smallest absolute Gasteiger partial charge is 0.279 e. The van der Waals surface area contributed by atoms with Crippen molar-refractivity contribution >= 4 is 10.2 Å². The maximum atomic E-state index is 11.9. The molecule has 0 aromatic carbocycles. The van der Waals surface area contributed by atoms with Gasteiger partial charge in [0, 0.05) is 25.6 Å². The Morgan fingerprint density at radius 3 is 3.06 bits per heavy atom. The molecule has 0 radical (unpaired) electrons. The van der Waals surface area contributed by atoms with E-state index < -0.39 is 10.2 Å². The van der Waals surface area contributed by atoms with Crippen LogP contribution in [0.25, 0.3) is 0 Å². The molecule has 1 N–H and O–H groups in total. The monoisotopic (exact) mass is 258 g/mol. The van der Waals surface area contributed by atoms with Crippen LogP contribution in [0.2, 0.25) is 0 Å². The van der Waals surface area contributed by atoms with Gasteiger partial charge in [-0.15, -0.1) is 0 Å². The second-order valence-corrected chi connectivity index (χ2v) is 6.01. The van der Waals surface area contributed by atoms with E-state index in [9.17, 15) is 8.42 Å². The van der Waals surface area contributed by atoms with Gasteiger partial charge in [-0.3, -0.25) is 0 Å². The van der Waals surface area contributed by atoms with Crippen molar-refractivity contribution in [3.63, 3.8) is 0 Å². The van der Waals surface area contributed by atoms with E-state index >= 15 is 0 Å². The standard InChI is InChI=1S/C11H18N2O3S/c1-2-6-12-17(14,15)13-7-5-10(9-13)11-4-3-8-16-11/h3-4,8,10,12H,2,5-7,9H2,1H3. The Kier molecular flexibility index (Phi) is 3.86. The minimum atomic E-state index is -3.30. The van der Waals surface area contributed by atoms with Gasteiger partial charge in [0.2, 0.25) is 0 Å². The Morgan fingerprint density at radius 1 is 1.59 bits per heavy atom. The molecule has 6 heteroatoms. The van der Waals surface area contributed by atoms with Crippen LogP contribution >= 0.6 is 0 Å². The first kappa shape index (κ1) is 12.6. The molecule has 0 amide bonds. The van der Waals surface area contributed by atoms with Gasteiger partial charge in [0.15, 0.2) is 0 Å². The summed E-state index contributed by atoms with van der Waals surface area (Å²) >= 11 is 0. The van der Waals surface area contributed by atoms with Crippen LogP contribution in [-0.4, -0.2) is 32.4 Å². The van der Waals surface area contributed by atoms with E-state index in [1.54, 1.807) is 6.26 Å². The summed E-state index contributed by atoms with van der Waals surface area (Å²) in [6, 6.07) is 3.74. The molecule has 2 heterocycles. The van der Waals surface area contributed by atoms with Crippen LogP contribution in [0.15, 0.2) is 22.8 Å². The summed E-state index contributed by atoms with van der Waals surface area (Å²) < 4.78 is 33.2. The van der Waals surface area contributed by atoms with Crippen molar-refractivity contribution in [3.05, 3.63) is 24.2 Å². The Balaban J connectivity index is 1.98. The zero-order valence-electron chi connectivity index (χ0n) is 9.93. The van der Waals surface area contributed by atoms with Crippen LogP contribution < -0.4 is 4.72 Å². The van der Waals surface area contributed by atoms with Crippen molar-refractivity contribution in [1.82, 2.24) is 9.03 Å². The van der Waals surface area contributed by atoms with E-state index in [4.69, 9.17) is 4.42 Å². The van der Waals surface area contributed by atoms with Gasteiger partial charge in [-0.25, -0.2) is 4.72 Å². The lowest BCUT2D eigenvalue weighted by Gasteiger charge is -2.16. The molecule has 5 nitrogen and oxygen atoms in total. The van der Waals surface area contributed by atoms with Crippen molar-refractivity contribution in [2.24, 2.45) is 0 Å². The fraction of sp³-hybridized carbons (Fsp3) is 0.636. The summed E-state index contributed by atoms with van der Waals surface area (Å²) in [6.45, 7) is 3.50. The summed E-state index contributed by atoms with van der Waals surface area (Å²) in [7, 11) is -3.30. The molecular formula is C11H18N2O3S. The molecule has 1 aromatic rings. The largest absolute Gasteiger partial charge is 0.469 e. The maximum absolute atomic E-state index is 11.9. The predicted octanol–water partition coefficient (Wildman–Crippen LogP) is 1.31. The molecular weight excluding hydrogens is 240 g/mol. The van der Waals surface area contributed by atoms with Crippen molar-refractivity contribution in [2.45, 2.75) is 25.7 Å². The summed E-state index contributed by atoms with van der Waals surface area (Å²) in [4.78, 5) is 0. The van der Waals surface area contributed by atoms with Crippen LogP contribution in [0, 0.1) is 0 Å². The van der Waals surface area contributed by atoms with E-state index in [-0.39, 0.29) is 5.92 Å². The molecule has 1 aliphatic heterocycles. The molecule has 1 saturated heterocycles. The molecule has 1 atom stereocenters. The van der Waals surface area contributed by atoms with Gasteiger partial charge >= 0.3 is 0 Å². The van der Waals surface area contributed by atoms with Gasteiger partial charge in [-0.1, -0.05) is 6.92 Å². The topological polar surface area (TPSA) is 62.6 Å². The third kappa shape index (κ3) is 2.88. The number of nitrogens with zero attached hydrogens (tertiary/aromatic N) is 1. The predicted molar refractivity (Wildman–Crippen MR) is 64.9 cm³/mol. The highest BCUT2D eigenvalue weighted by Crippen LogP contribution is 2.28. The zero-order valence-corrected chi connectivity index (χ0v) is 10.7. The number of furan rings is 1. The van der Waals surface area contributed by atoms with Gasteiger partial charge in [0.1, 0.15) is 5.76 Å². The van der Waals surface area contributed by atoms with E-state index in [1.807, 2.05) is 19.1 Å². The molecule has 1 aliphatic rings. The lowest BCUT2D eigenvalue weighted by molar-refractivity contribution is 0.439. The first-order valence-electron chi connectivity index (χ1n) is 5.91. The SMILES string of the molecule is CCCNS(=O)(=O)N1CCC(c2ccco2)C1. The minimum absolute atomic E-state index is 0.184. The Hall–Kier alpha value is -0.850. The molecule has 1 unspecified atom stereocenters. The molecule has 1 fully saturated rings. The first-order valence-corrected chi connectivity index (χ1v) is 7.35. The molecule has 0 saturated carbocycles. The summed E-state index contributed by atoms with van der Waals surface area (Å²) in [5.41, 5.74) is 0. The highest BCUT2D eigenvalue weighted by molar-refractivity contribution is 7.87. The molecule has 0 aliphatic carbocycles. The average molecular weight is 258 g/mol. The number of hydrogen-bond acceptors (Lipinski definition) is 3. The van der Waals surface area contributed by atoms with Gasteiger partial charge < -0.3 is 4.42 Å². The lowest BCUT2D eigenvalue weighted by Crippen LogP contribution is -2.39. The van der Waals surface area contributed by atoms with Crippen LogP contribution in [0.5, 0.6) is 0 Å². The van der Waals surface area contributed by atoms with Gasteiger partial charge in [0.25, 0.3) is 10.2 Å². The molecule has 0 spiro atoms. The Morgan fingerprint density at radius 2 is 2.41 bits per heavy atom. The normalized spacial score (nSPS) is 22.1. The fourth-order valence-electron chi connectivity index (χ4n) is 2.02. The number of hydrogen-bond donors (Lipinski definition) is 1. The lowest BCUT2D eigenvalue weighted by atomic mass is 10.1. The minimum Gasteiger partial charge on any atom is -0.469 e. The third-order valence-electron chi connectivity index (χ3n) is 2.97. The van der Waals surface area contributed by atoms with E-state index in [0.717, 1.165) is 18.6 Å². The van der Waals surface area contributed by atoms with Crippen molar-refractivity contribution in [2.75, 3.05) is 19.6 Å². The van der Waals surface area contributed by atoms with Crippen LogP contribution in [0.1, 0.15) is 31.4 Å². The van der Waals surface area contributed by atoms with E-state index in [1.165, 1.54) is 4.31 Å². The Bertz CT molecular complexity index is 441. The Labute approximate surface area is 102 Å². The fourth-order valence-corrected chi connectivity index (χ4v) is 3.39. The number of nitrogens with one attached hydrogen (secondary N) is 1. The van der Waals surface area contributed by atoms with Crippen LogP contribution in [-0.2, 0) is 10.2 Å². The van der Waals surface area contributed by atoms with E-state index in [2.05, 4.69) is 4.72 Å². The molecule has 96 valence electrons. The quantitative estimate of drug-likeness (QED) is 0.866. The van der Waals surface area contributed by atoms with Crippen molar-refractivity contribution in [1.29, 1.82) is 0 Å². The molecule has 1 aromatic heterocycles. The highest BCUT2D eigenvalue weighted by atomic mass is 32.2. The third-order valence-corrected chi connectivity index (χ3v) is 4.55. The second kappa shape index (κ2) is 5.20. The van der Waals surface area contributed by atoms with Crippen molar-refractivity contribution < 1.29 is 12.8 Å². The van der Waals surface area contributed by atoms with Gasteiger partial charge in [0.05, 0.1) is 6.26 Å². The van der Waals surface area contributed by atoms with Crippen molar-refractivity contribution in [3.8, 4) is 0 Å².